The third-order valence-corrected chi connectivity index (χ3v) is 6.28. The number of benzene rings is 2. The van der Waals surface area contributed by atoms with Gasteiger partial charge in [-0.2, -0.15) is 8.78 Å². The molecule has 0 aliphatic carbocycles. The Morgan fingerprint density at radius 3 is 2.41 bits per heavy atom. The van der Waals surface area contributed by atoms with Crippen molar-refractivity contribution < 1.29 is 31.5 Å². The lowest BCUT2D eigenvalue weighted by molar-refractivity contribution is -0.133. The van der Waals surface area contributed by atoms with Crippen molar-refractivity contribution in [2.75, 3.05) is 12.9 Å². The molecule has 1 heterocycles. The lowest BCUT2D eigenvalue weighted by Crippen LogP contribution is -2.43. The van der Waals surface area contributed by atoms with Crippen LogP contribution in [0.25, 0.3) is 21.3 Å². The van der Waals surface area contributed by atoms with Crippen LogP contribution in [-0.2, 0) is 21.4 Å². The molecule has 3 N–H and O–H groups in total. The molecular weight excluding hydrogens is 467 g/mol. The number of fused-ring (bicyclic) bond motifs is 1. The summed E-state index contributed by atoms with van der Waals surface area (Å²) in [6, 6.07) is 10.4. The Kier molecular flexibility index (Phi) is 7.49. The third-order valence-electron chi connectivity index (χ3n) is 4.58. The van der Waals surface area contributed by atoms with Crippen LogP contribution in [0.2, 0.25) is 0 Å². The molecule has 2 aromatic carbocycles. The summed E-state index contributed by atoms with van der Waals surface area (Å²) in [5, 5.41) is 12.7. The highest BCUT2D eigenvalue weighted by molar-refractivity contribution is 7.88. The molecule has 0 aliphatic heterocycles. The van der Waals surface area contributed by atoms with E-state index in [1.807, 2.05) is 18.2 Å². The van der Waals surface area contributed by atoms with Crippen molar-refractivity contribution in [1.82, 2.24) is 15.0 Å². The van der Waals surface area contributed by atoms with Crippen molar-refractivity contribution in [2.24, 2.45) is 0 Å². The van der Waals surface area contributed by atoms with Crippen LogP contribution in [0.1, 0.15) is 16.7 Å². The molecular formula is C20H20F3N3O4S2. The van der Waals surface area contributed by atoms with E-state index < -0.39 is 41.2 Å². The van der Waals surface area contributed by atoms with Gasteiger partial charge in [-0.1, -0.05) is 30.3 Å². The molecule has 32 heavy (non-hydrogen) atoms. The number of rotatable bonds is 9. The van der Waals surface area contributed by atoms with Gasteiger partial charge >= 0.3 is 6.43 Å². The van der Waals surface area contributed by atoms with Crippen molar-refractivity contribution in [3.63, 3.8) is 0 Å². The number of sulfonamides is 1. The molecule has 0 bridgehead atoms. The molecule has 0 saturated carbocycles. The summed E-state index contributed by atoms with van der Waals surface area (Å²) < 4.78 is 63.7. The number of thiazole rings is 1. The van der Waals surface area contributed by atoms with Crippen LogP contribution >= 0.6 is 11.3 Å². The lowest BCUT2D eigenvalue weighted by Gasteiger charge is -2.22. The van der Waals surface area contributed by atoms with E-state index in [-0.39, 0.29) is 12.1 Å². The van der Waals surface area contributed by atoms with Crippen molar-refractivity contribution in [3.8, 4) is 11.1 Å². The topological polar surface area (TPSA) is 108 Å². The molecule has 7 nitrogen and oxygen atoms in total. The van der Waals surface area contributed by atoms with Gasteiger partial charge in [0, 0.05) is 0 Å². The molecule has 3 rings (SSSR count). The van der Waals surface area contributed by atoms with E-state index in [1.165, 1.54) is 23.5 Å². The van der Waals surface area contributed by atoms with E-state index in [1.54, 1.807) is 17.4 Å². The maximum Gasteiger partial charge on any atom is 0.315 e. The van der Waals surface area contributed by atoms with Crippen LogP contribution in [0.3, 0.4) is 0 Å². The van der Waals surface area contributed by atoms with Gasteiger partial charge in [0.1, 0.15) is 17.8 Å². The first-order valence-corrected chi connectivity index (χ1v) is 12.0. The number of carbonyl (C=O) groups is 1. The molecule has 12 heteroatoms. The maximum absolute atomic E-state index is 13.2. The minimum Gasteiger partial charge on any atom is -0.386 e. The monoisotopic (exact) mass is 487 g/mol. The van der Waals surface area contributed by atoms with Crippen molar-refractivity contribution in [2.45, 2.75) is 25.1 Å². The van der Waals surface area contributed by atoms with E-state index in [0.717, 1.165) is 22.1 Å². The molecule has 172 valence electrons. The number of aliphatic hydroxyl groups is 1. The summed E-state index contributed by atoms with van der Waals surface area (Å²) in [4.78, 5) is 15.5. The zero-order chi connectivity index (χ0) is 23.5. The molecule has 0 radical (unpaired) electrons. The number of amides is 1. The van der Waals surface area contributed by atoms with E-state index >= 15 is 0 Å². The number of hydrogen-bond acceptors (Lipinski definition) is 6. The Labute approximate surface area is 186 Å². The Morgan fingerprint density at radius 1 is 1.16 bits per heavy atom. The SMILES string of the molecule is CS(=O)(=O)NCc1nc2cc(-c3ccc([C@@H](O)[C@@H](CF)NC(=O)C(F)F)cc3)ccc2s1. The van der Waals surface area contributed by atoms with Crippen LogP contribution in [0.5, 0.6) is 0 Å². The fraction of sp³-hybridized carbons (Fsp3) is 0.300. The van der Waals surface area contributed by atoms with E-state index in [0.29, 0.717) is 10.5 Å². The van der Waals surface area contributed by atoms with Gasteiger partial charge < -0.3 is 10.4 Å². The standard InChI is InChI=1S/C20H20F3N3O4S2/c1-32(29,30)24-10-17-25-14-8-13(6-7-16(14)31-17)11-2-4-12(5-3-11)18(27)15(9-21)26-20(28)19(22)23/h2-8,15,18-19,24,27H,9-10H2,1H3,(H,26,28)/t15-,18-/m1/s1. The molecule has 0 saturated heterocycles. The number of nitrogens with one attached hydrogen (secondary N) is 2. The Morgan fingerprint density at radius 2 is 1.81 bits per heavy atom. The maximum atomic E-state index is 13.2. The molecule has 2 atom stereocenters. The Hall–Kier alpha value is -2.54. The fourth-order valence-electron chi connectivity index (χ4n) is 2.98. The van der Waals surface area contributed by atoms with Crippen LogP contribution in [0, 0.1) is 0 Å². The van der Waals surface area contributed by atoms with Gasteiger partial charge in [0.2, 0.25) is 10.0 Å². The number of hydrogen-bond donors (Lipinski definition) is 3. The average Bonchev–Trinajstić information content (AvgIpc) is 3.17. The van der Waals surface area contributed by atoms with Gasteiger partial charge in [-0.15, -0.1) is 11.3 Å². The Bertz CT molecular complexity index is 1200. The molecule has 0 spiro atoms. The zero-order valence-electron chi connectivity index (χ0n) is 16.8. The van der Waals surface area contributed by atoms with Gasteiger partial charge in [0.05, 0.1) is 29.1 Å². The highest BCUT2D eigenvalue weighted by Gasteiger charge is 2.26. The Balaban J connectivity index is 1.76. The molecule has 3 aromatic rings. The van der Waals surface area contributed by atoms with Gasteiger partial charge in [-0.05, 0) is 28.8 Å². The van der Waals surface area contributed by atoms with Crippen molar-refractivity contribution >= 4 is 37.5 Å². The first-order chi connectivity index (χ1) is 15.1. The number of alkyl halides is 3. The minimum absolute atomic E-state index is 0.0952. The second-order valence-electron chi connectivity index (χ2n) is 7.02. The van der Waals surface area contributed by atoms with E-state index in [2.05, 4.69) is 9.71 Å². The van der Waals surface area contributed by atoms with Gasteiger partial charge in [-0.25, -0.2) is 22.5 Å². The van der Waals surface area contributed by atoms with E-state index in [9.17, 15) is 31.5 Å². The van der Waals surface area contributed by atoms with Crippen LogP contribution in [-0.4, -0.2) is 49.8 Å². The number of halogens is 3. The summed E-state index contributed by atoms with van der Waals surface area (Å²) >= 11 is 1.37. The summed E-state index contributed by atoms with van der Waals surface area (Å²) in [5.74, 6) is -1.65. The van der Waals surface area contributed by atoms with Crippen LogP contribution in [0.15, 0.2) is 42.5 Å². The largest absolute Gasteiger partial charge is 0.386 e. The van der Waals surface area contributed by atoms with Gasteiger partial charge in [0.15, 0.2) is 0 Å². The zero-order valence-corrected chi connectivity index (χ0v) is 18.4. The van der Waals surface area contributed by atoms with E-state index in [4.69, 9.17) is 0 Å². The normalized spacial score (nSPS) is 13.9. The summed E-state index contributed by atoms with van der Waals surface area (Å²) in [6.07, 6.45) is -3.73. The van der Waals surface area contributed by atoms with Crippen molar-refractivity contribution in [1.29, 1.82) is 0 Å². The summed E-state index contributed by atoms with van der Waals surface area (Å²) in [7, 11) is -3.33. The van der Waals surface area contributed by atoms with Crippen LogP contribution < -0.4 is 10.0 Å². The highest BCUT2D eigenvalue weighted by atomic mass is 32.2. The quantitative estimate of drug-likeness (QED) is 0.430. The predicted molar refractivity (Wildman–Crippen MR) is 116 cm³/mol. The molecule has 1 aromatic heterocycles. The van der Waals surface area contributed by atoms with Gasteiger partial charge in [0.25, 0.3) is 5.91 Å². The molecule has 1 amide bonds. The minimum atomic E-state index is -3.33. The number of carbonyl (C=O) groups excluding carboxylic acids is 1. The van der Waals surface area contributed by atoms with Crippen LogP contribution in [0.4, 0.5) is 13.2 Å². The number of aliphatic hydroxyl groups excluding tert-OH is 1. The number of nitrogens with zero attached hydrogens (tertiary/aromatic N) is 1. The highest BCUT2D eigenvalue weighted by Crippen LogP contribution is 2.29. The average molecular weight is 488 g/mol. The lowest BCUT2D eigenvalue weighted by atomic mass is 9.98. The summed E-state index contributed by atoms with van der Waals surface area (Å²) in [5.41, 5.74) is 2.52. The second-order valence-corrected chi connectivity index (χ2v) is 9.97. The smallest absolute Gasteiger partial charge is 0.315 e. The predicted octanol–water partition coefficient (Wildman–Crippen LogP) is 2.77. The first-order valence-electron chi connectivity index (χ1n) is 9.34. The fourth-order valence-corrected chi connectivity index (χ4v) is 4.35. The second kappa shape index (κ2) is 9.94. The van der Waals surface area contributed by atoms with Gasteiger partial charge in [-0.3, -0.25) is 4.79 Å². The number of aromatic nitrogens is 1. The first kappa shape index (κ1) is 24.1. The summed E-state index contributed by atoms with van der Waals surface area (Å²) in [6.45, 7) is -1.11. The molecule has 0 fully saturated rings. The molecule has 0 aliphatic rings. The van der Waals surface area contributed by atoms with Crippen molar-refractivity contribution in [3.05, 3.63) is 53.0 Å². The third kappa shape index (κ3) is 6.03. The molecule has 0 unspecified atom stereocenters.